The smallest absolute Gasteiger partial charge is 0.105 e. The molecule has 0 bridgehead atoms. The van der Waals surface area contributed by atoms with Crippen molar-refractivity contribution in [2.24, 2.45) is 0 Å². The minimum atomic E-state index is 0.258. The molecule has 2 aromatic heterocycles. The molecule has 2 aromatic rings. The second kappa shape index (κ2) is 4.94. The van der Waals surface area contributed by atoms with Gasteiger partial charge in [-0.3, -0.25) is 4.98 Å². The molecule has 1 N–H and O–H groups in total. The van der Waals surface area contributed by atoms with Gasteiger partial charge < -0.3 is 9.73 Å². The average molecular weight is 216 g/mol. The number of likely N-dealkylation sites (N-methyl/N-ethyl adjacent to an activating group) is 1. The quantitative estimate of drug-likeness (QED) is 0.853. The van der Waals surface area contributed by atoms with E-state index in [-0.39, 0.29) is 6.04 Å². The zero-order valence-corrected chi connectivity index (χ0v) is 9.60. The Bertz CT molecular complexity index is 436. The molecule has 0 aliphatic carbocycles. The van der Waals surface area contributed by atoms with E-state index in [2.05, 4.69) is 10.3 Å². The lowest BCUT2D eigenvalue weighted by Crippen LogP contribution is -2.19. The summed E-state index contributed by atoms with van der Waals surface area (Å²) in [6.07, 6.45) is 4.43. The van der Waals surface area contributed by atoms with Crippen molar-refractivity contribution in [3.63, 3.8) is 0 Å². The van der Waals surface area contributed by atoms with E-state index in [1.807, 2.05) is 44.4 Å². The van der Waals surface area contributed by atoms with Gasteiger partial charge in [0.15, 0.2) is 0 Å². The highest BCUT2D eigenvalue weighted by Gasteiger charge is 2.14. The second-order valence-electron chi connectivity index (χ2n) is 3.80. The first-order valence-electron chi connectivity index (χ1n) is 5.42. The summed E-state index contributed by atoms with van der Waals surface area (Å²) >= 11 is 0. The number of nitrogens with zero attached hydrogens (tertiary/aromatic N) is 1. The molecule has 0 aliphatic rings. The van der Waals surface area contributed by atoms with Gasteiger partial charge in [0.25, 0.3) is 0 Å². The predicted octanol–water partition coefficient (Wildman–Crippen LogP) is 2.49. The molecule has 1 unspecified atom stereocenters. The monoisotopic (exact) mass is 216 g/mol. The Balaban J connectivity index is 2.16. The van der Waals surface area contributed by atoms with Crippen LogP contribution < -0.4 is 5.32 Å². The van der Waals surface area contributed by atoms with Gasteiger partial charge in [-0.25, -0.2) is 0 Å². The summed E-state index contributed by atoms with van der Waals surface area (Å²) in [7, 11) is 1.96. The van der Waals surface area contributed by atoms with Crippen LogP contribution in [0.4, 0.5) is 0 Å². The molecule has 0 fully saturated rings. The summed E-state index contributed by atoms with van der Waals surface area (Å²) < 4.78 is 5.32. The lowest BCUT2D eigenvalue weighted by atomic mass is 10.0. The summed E-state index contributed by atoms with van der Waals surface area (Å²) in [4.78, 5) is 4.34. The lowest BCUT2D eigenvalue weighted by molar-refractivity contribution is 0.510. The summed E-state index contributed by atoms with van der Waals surface area (Å²) in [6.45, 7) is 1.98. The topological polar surface area (TPSA) is 38.1 Å². The number of aryl methyl sites for hydroxylation is 1. The van der Waals surface area contributed by atoms with Crippen LogP contribution in [-0.4, -0.2) is 12.0 Å². The van der Waals surface area contributed by atoms with Gasteiger partial charge in [0.2, 0.25) is 0 Å². The average Bonchev–Trinajstić information content (AvgIpc) is 2.74. The highest BCUT2D eigenvalue weighted by molar-refractivity contribution is 5.22. The van der Waals surface area contributed by atoms with Crippen molar-refractivity contribution in [1.82, 2.24) is 10.3 Å². The first-order chi connectivity index (χ1) is 7.81. The fourth-order valence-corrected chi connectivity index (χ4v) is 1.85. The van der Waals surface area contributed by atoms with Crippen LogP contribution in [0, 0.1) is 6.92 Å². The van der Waals surface area contributed by atoms with Crippen molar-refractivity contribution >= 4 is 0 Å². The number of aromatic nitrogens is 1. The number of furan rings is 1. The SMILES string of the molecule is CNC(Cc1ccccn1)c1ccoc1C. The fourth-order valence-electron chi connectivity index (χ4n) is 1.85. The van der Waals surface area contributed by atoms with Crippen molar-refractivity contribution in [3.8, 4) is 0 Å². The Morgan fingerprint density at radius 2 is 2.25 bits per heavy atom. The molecule has 0 spiro atoms. The lowest BCUT2D eigenvalue weighted by Gasteiger charge is -2.14. The molecular weight excluding hydrogens is 200 g/mol. The third-order valence-corrected chi connectivity index (χ3v) is 2.76. The van der Waals surface area contributed by atoms with E-state index in [4.69, 9.17) is 4.42 Å². The van der Waals surface area contributed by atoms with E-state index in [0.717, 1.165) is 17.9 Å². The summed E-state index contributed by atoms with van der Waals surface area (Å²) in [5.41, 5.74) is 2.29. The standard InChI is InChI=1S/C13H16N2O/c1-10-12(6-8-16-10)13(14-2)9-11-5-3-4-7-15-11/h3-8,13-14H,9H2,1-2H3. The molecule has 3 heteroatoms. The van der Waals surface area contributed by atoms with E-state index in [1.165, 1.54) is 5.56 Å². The van der Waals surface area contributed by atoms with Crippen molar-refractivity contribution in [2.45, 2.75) is 19.4 Å². The number of pyridine rings is 1. The van der Waals surface area contributed by atoms with Gasteiger partial charge in [0, 0.05) is 29.9 Å². The van der Waals surface area contributed by atoms with Crippen molar-refractivity contribution < 1.29 is 4.42 Å². The van der Waals surface area contributed by atoms with E-state index in [1.54, 1.807) is 6.26 Å². The molecule has 1 atom stereocenters. The van der Waals surface area contributed by atoms with Gasteiger partial charge in [0.05, 0.1) is 6.26 Å². The molecule has 2 heterocycles. The minimum absolute atomic E-state index is 0.258. The van der Waals surface area contributed by atoms with E-state index < -0.39 is 0 Å². The van der Waals surface area contributed by atoms with Crippen LogP contribution in [0.15, 0.2) is 41.1 Å². The molecular formula is C13H16N2O. The van der Waals surface area contributed by atoms with Crippen molar-refractivity contribution in [2.75, 3.05) is 7.05 Å². The van der Waals surface area contributed by atoms with Gasteiger partial charge in [-0.05, 0) is 32.2 Å². The van der Waals surface area contributed by atoms with Crippen molar-refractivity contribution in [3.05, 3.63) is 53.7 Å². The summed E-state index contributed by atoms with van der Waals surface area (Å²) in [5, 5.41) is 3.29. The van der Waals surface area contributed by atoms with Crippen molar-refractivity contribution in [1.29, 1.82) is 0 Å². The normalized spacial score (nSPS) is 12.6. The first-order valence-corrected chi connectivity index (χ1v) is 5.42. The van der Waals surface area contributed by atoms with Crippen LogP contribution in [-0.2, 0) is 6.42 Å². The number of hydrogen-bond donors (Lipinski definition) is 1. The molecule has 0 aromatic carbocycles. The van der Waals surface area contributed by atoms with Gasteiger partial charge >= 0.3 is 0 Å². The molecule has 0 radical (unpaired) electrons. The van der Waals surface area contributed by atoms with Crippen LogP contribution in [0.25, 0.3) is 0 Å². The van der Waals surface area contributed by atoms with Crippen LogP contribution in [0.2, 0.25) is 0 Å². The summed E-state index contributed by atoms with van der Waals surface area (Å²) in [5.74, 6) is 0.968. The zero-order valence-electron chi connectivity index (χ0n) is 9.60. The Labute approximate surface area is 95.5 Å². The number of nitrogens with one attached hydrogen (secondary N) is 1. The maximum Gasteiger partial charge on any atom is 0.105 e. The van der Waals surface area contributed by atoms with E-state index in [0.29, 0.717) is 0 Å². The predicted molar refractivity (Wildman–Crippen MR) is 63.2 cm³/mol. The molecule has 2 rings (SSSR count). The van der Waals surface area contributed by atoms with Crippen LogP contribution in [0.5, 0.6) is 0 Å². The highest BCUT2D eigenvalue weighted by Crippen LogP contribution is 2.21. The Kier molecular flexibility index (Phi) is 3.37. The summed E-state index contributed by atoms with van der Waals surface area (Å²) in [6, 6.07) is 8.26. The van der Waals surface area contributed by atoms with Gasteiger partial charge in [-0.2, -0.15) is 0 Å². The molecule has 0 aliphatic heterocycles. The molecule has 0 saturated heterocycles. The first kappa shape index (κ1) is 10.9. The Hall–Kier alpha value is -1.61. The van der Waals surface area contributed by atoms with Crippen LogP contribution in [0.1, 0.15) is 23.1 Å². The molecule has 16 heavy (non-hydrogen) atoms. The van der Waals surface area contributed by atoms with Crippen LogP contribution >= 0.6 is 0 Å². The van der Waals surface area contributed by atoms with Gasteiger partial charge in [-0.1, -0.05) is 6.07 Å². The number of hydrogen-bond acceptors (Lipinski definition) is 3. The molecule has 3 nitrogen and oxygen atoms in total. The molecule has 0 saturated carbocycles. The third kappa shape index (κ3) is 2.31. The maximum absolute atomic E-state index is 5.32. The van der Waals surface area contributed by atoms with Gasteiger partial charge in [-0.15, -0.1) is 0 Å². The van der Waals surface area contributed by atoms with Gasteiger partial charge in [0.1, 0.15) is 5.76 Å². The zero-order chi connectivity index (χ0) is 11.4. The Morgan fingerprint density at radius 3 is 2.81 bits per heavy atom. The van der Waals surface area contributed by atoms with Crippen LogP contribution in [0.3, 0.4) is 0 Å². The highest BCUT2D eigenvalue weighted by atomic mass is 16.3. The Morgan fingerprint density at radius 1 is 1.38 bits per heavy atom. The third-order valence-electron chi connectivity index (χ3n) is 2.76. The molecule has 84 valence electrons. The molecule has 0 amide bonds. The number of rotatable bonds is 4. The minimum Gasteiger partial charge on any atom is -0.469 e. The largest absolute Gasteiger partial charge is 0.469 e. The van der Waals surface area contributed by atoms with E-state index in [9.17, 15) is 0 Å². The maximum atomic E-state index is 5.32. The fraction of sp³-hybridized carbons (Fsp3) is 0.308. The van der Waals surface area contributed by atoms with E-state index >= 15 is 0 Å². The second-order valence-corrected chi connectivity index (χ2v) is 3.80.